The van der Waals surface area contributed by atoms with Crippen LogP contribution in [0.3, 0.4) is 0 Å². The fraction of sp³-hybridized carbons (Fsp3) is 0.667. The van der Waals surface area contributed by atoms with Gasteiger partial charge in [-0.15, -0.1) is 0 Å². The minimum absolute atomic E-state index is 0.0771. The summed E-state index contributed by atoms with van der Waals surface area (Å²) in [5, 5.41) is 0. The number of rotatable bonds is 5. The standard InChI is InChI=1S/C12H18O5/c1-4-15-11(14)6-9(13)12-10(5-8(2)3)16-7-17-12/h5,10,12H,4,6-7H2,1-3H3/t10-,12+/m0/s1. The van der Waals surface area contributed by atoms with Gasteiger partial charge in [-0.25, -0.2) is 0 Å². The van der Waals surface area contributed by atoms with Crippen molar-refractivity contribution in [2.45, 2.75) is 39.4 Å². The SMILES string of the molecule is CCOC(=O)CC(=O)[C@H]1OCO[C@H]1C=C(C)C. The number of carbonyl (C=O) groups excluding carboxylic acids is 2. The molecular weight excluding hydrogens is 224 g/mol. The highest BCUT2D eigenvalue weighted by atomic mass is 16.7. The predicted octanol–water partition coefficient (Wildman–Crippen LogP) is 1.22. The first-order valence-corrected chi connectivity index (χ1v) is 5.61. The zero-order valence-electron chi connectivity index (χ0n) is 10.4. The minimum Gasteiger partial charge on any atom is -0.466 e. The van der Waals surface area contributed by atoms with Crippen molar-refractivity contribution in [3.63, 3.8) is 0 Å². The Morgan fingerprint density at radius 3 is 2.65 bits per heavy atom. The second-order valence-corrected chi connectivity index (χ2v) is 4.03. The molecule has 5 heteroatoms. The van der Waals surface area contributed by atoms with Crippen LogP contribution in [0.1, 0.15) is 27.2 Å². The van der Waals surface area contributed by atoms with Crippen LogP contribution in [-0.4, -0.2) is 37.4 Å². The average molecular weight is 242 g/mol. The molecule has 0 unspecified atom stereocenters. The number of hydrogen-bond acceptors (Lipinski definition) is 5. The maximum Gasteiger partial charge on any atom is 0.313 e. The molecule has 1 aliphatic rings. The van der Waals surface area contributed by atoms with E-state index < -0.39 is 18.2 Å². The summed E-state index contributed by atoms with van der Waals surface area (Å²) in [6, 6.07) is 0. The third-order valence-corrected chi connectivity index (χ3v) is 2.25. The quantitative estimate of drug-likeness (QED) is 0.412. The number of allylic oxidation sites excluding steroid dienone is 1. The highest BCUT2D eigenvalue weighted by molar-refractivity contribution is 5.98. The summed E-state index contributed by atoms with van der Waals surface area (Å²) in [5.41, 5.74) is 1.04. The van der Waals surface area contributed by atoms with Gasteiger partial charge in [0, 0.05) is 0 Å². The summed E-state index contributed by atoms with van der Waals surface area (Å²) in [5.74, 6) is -0.826. The molecule has 0 saturated carbocycles. The van der Waals surface area contributed by atoms with Crippen LogP contribution in [-0.2, 0) is 23.8 Å². The lowest BCUT2D eigenvalue weighted by atomic mass is 10.1. The third-order valence-electron chi connectivity index (χ3n) is 2.25. The molecule has 0 bridgehead atoms. The molecule has 17 heavy (non-hydrogen) atoms. The first kappa shape index (κ1) is 13.9. The highest BCUT2D eigenvalue weighted by Gasteiger charge is 2.34. The number of carbonyl (C=O) groups is 2. The van der Waals surface area contributed by atoms with E-state index >= 15 is 0 Å². The Bertz CT molecular complexity index is 317. The number of ether oxygens (including phenoxy) is 3. The molecule has 0 aromatic carbocycles. The number of hydrogen-bond donors (Lipinski definition) is 0. The van der Waals surface area contributed by atoms with Crippen LogP contribution >= 0.6 is 0 Å². The summed E-state index contributed by atoms with van der Waals surface area (Å²) in [6.45, 7) is 5.87. The van der Waals surface area contributed by atoms with Gasteiger partial charge in [-0.2, -0.15) is 0 Å². The van der Waals surface area contributed by atoms with Crippen molar-refractivity contribution < 1.29 is 23.8 Å². The van der Waals surface area contributed by atoms with Crippen LogP contribution in [0, 0.1) is 0 Å². The second-order valence-electron chi connectivity index (χ2n) is 4.03. The van der Waals surface area contributed by atoms with Crippen LogP contribution in [0.25, 0.3) is 0 Å². The van der Waals surface area contributed by atoms with Crippen molar-refractivity contribution in [2.24, 2.45) is 0 Å². The summed E-state index contributed by atoms with van der Waals surface area (Å²) in [6.07, 6.45) is 0.451. The number of Topliss-reactive ketones (excluding diaryl/α,β-unsaturated/α-hetero) is 1. The average Bonchev–Trinajstić information content (AvgIpc) is 2.65. The molecule has 0 aromatic rings. The zero-order chi connectivity index (χ0) is 12.8. The van der Waals surface area contributed by atoms with Crippen molar-refractivity contribution in [1.82, 2.24) is 0 Å². The Hall–Kier alpha value is -1.20. The van der Waals surface area contributed by atoms with Crippen molar-refractivity contribution in [3.05, 3.63) is 11.6 Å². The Kier molecular flexibility index (Phi) is 5.31. The molecule has 1 heterocycles. The first-order chi connectivity index (χ1) is 8.04. The van der Waals surface area contributed by atoms with E-state index in [0.717, 1.165) is 5.57 Å². The van der Waals surface area contributed by atoms with Crippen molar-refractivity contribution >= 4 is 11.8 Å². The first-order valence-electron chi connectivity index (χ1n) is 5.61. The second kappa shape index (κ2) is 6.51. The van der Waals surface area contributed by atoms with Gasteiger partial charge in [-0.05, 0) is 20.8 Å². The van der Waals surface area contributed by atoms with Gasteiger partial charge in [0.1, 0.15) is 25.4 Å². The largest absolute Gasteiger partial charge is 0.466 e. The predicted molar refractivity (Wildman–Crippen MR) is 60.3 cm³/mol. The molecule has 1 fully saturated rings. The van der Waals surface area contributed by atoms with Crippen LogP contribution in [0.15, 0.2) is 11.6 Å². The molecule has 0 spiro atoms. The molecule has 96 valence electrons. The van der Waals surface area contributed by atoms with Gasteiger partial charge in [0.15, 0.2) is 5.78 Å². The van der Waals surface area contributed by atoms with Gasteiger partial charge in [0.05, 0.1) is 6.61 Å². The van der Waals surface area contributed by atoms with Gasteiger partial charge in [0.25, 0.3) is 0 Å². The molecule has 5 nitrogen and oxygen atoms in total. The monoisotopic (exact) mass is 242 g/mol. The Morgan fingerprint density at radius 2 is 2.06 bits per heavy atom. The number of ketones is 1. The number of esters is 1. The van der Waals surface area contributed by atoms with Gasteiger partial charge >= 0.3 is 5.97 Å². The molecule has 1 saturated heterocycles. The van der Waals surface area contributed by atoms with E-state index in [1.807, 2.05) is 19.9 Å². The van der Waals surface area contributed by atoms with Gasteiger partial charge in [0.2, 0.25) is 0 Å². The summed E-state index contributed by atoms with van der Waals surface area (Å²) < 4.78 is 15.2. The topological polar surface area (TPSA) is 61.8 Å². The van der Waals surface area contributed by atoms with Crippen LogP contribution in [0.4, 0.5) is 0 Å². The van der Waals surface area contributed by atoms with Crippen molar-refractivity contribution in [3.8, 4) is 0 Å². The van der Waals surface area contributed by atoms with Crippen molar-refractivity contribution in [1.29, 1.82) is 0 Å². The van der Waals surface area contributed by atoms with E-state index in [4.69, 9.17) is 14.2 Å². The normalized spacial score (nSPS) is 23.2. The Labute approximate surface area is 101 Å². The maximum absolute atomic E-state index is 11.8. The molecule has 2 atom stereocenters. The lowest BCUT2D eigenvalue weighted by Crippen LogP contribution is -2.32. The molecule has 0 aliphatic carbocycles. The van der Waals surface area contributed by atoms with Crippen molar-refractivity contribution in [2.75, 3.05) is 13.4 Å². The van der Waals surface area contributed by atoms with E-state index in [1.165, 1.54) is 0 Å². The fourth-order valence-electron chi connectivity index (χ4n) is 1.57. The molecule has 0 aromatic heterocycles. The van der Waals surface area contributed by atoms with E-state index in [1.54, 1.807) is 6.92 Å². The molecule has 1 rings (SSSR count). The summed E-state index contributed by atoms with van der Waals surface area (Å²) in [4.78, 5) is 23.0. The summed E-state index contributed by atoms with van der Waals surface area (Å²) in [7, 11) is 0. The molecular formula is C12H18O5. The molecule has 1 aliphatic heterocycles. The molecule has 0 radical (unpaired) electrons. The fourth-order valence-corrected chi connectivity index (χ4v) is 1.57. The van der Waals surface area contributed by atoms with Crippen LogP contribution in [0.5, 0.6) is 0 Å². The maximum atomic E-state index is 11.8. The van der Waals surface area contributed by atoms with Gasteiger partial charge < -0.3 is 14.2 Å². The van der Waals surface area contributed by atoms with Crippen LogP contribution < -0.4 is 0 Å². The third kappa shape index (κ3) is 4.28. The van der Waals surface area contributed by atoms with Gasteiger partial charge in [-0.1, -0.05) is 11.6 Å². The lowest BCUT2D eigenvalue weighted by molar-refractivity contribution is -0.147. The molecule has 0 amide bonds. The van der Waals surface area contributed by atoms with E-state index in [0.29, 0.717) is 0 Å². The molecule has 0 N–H and O–H groups in total. The van der Waals surface area contributed by atoms with E-state index in [2.05, 4.69) is 0 Å². The Morgan fingerprint density at radius 1 is 1.35 bits per heavy atom. The van der Waals surface area contributed by atoms with E-state index in [9.17, 15) is 9.59 Å². The van der Waals surface area contributed by atoms with E-state index in [-0.39, 0.29) is 25.6 Å². The minimum atomic E-state index is -0.700. The highest BCUT2D eigenvalue weighted by Crippen LogP contribution is 2.18. The van der Waals surface area contributed by atoms with Crippen LogP contribution in [0.2, 0.25) is 0 Å². The zero-order valence-corrected chi connectivity index (χ0v) is 10.4. The summed E-state index contributed by atoms with van der Waals surface area (Å²) >= 11 is 0. The van der Waals surface area contributed by atoms with Gasteiger partial charge in [-0.3, -0.25) is 9.59 Å². The smallest absolute Gasteiger partial charge is 0.313 e. The Balaban J connectivity index is 2.56. The lowest BCUT2D eigenvalue weighted by Gasteiger charge is -2.12.